The van der Waals surface area contributed by atoms with Gasteiger partial charge in [-0.2, -0.15) is 0 Å². The van der Waals surface area contributed by atoms with Crippen LogP contribution >= 0.6 is 0 Å². The second-order valence-electron chi connectivity index (χ2n) is 6.72. The van der Waals surface area contributed by atoms with E-state index in [9.17, 15) is 9.59 Å². The van der Waals surface area contributed by atoms with Gasteiger partial charge in [0, 0.05) is 32.4 Å². The molecule has 0 bridgehead atoms. The number of rotatable bonds is 5. The number of nitrogens with zero attached hydrogens (tertiary/aromatic N) is 2. The summed E-state index contributed by atoms with van der Waals surface area (Å²) in [5, 5.41) is 2.77. The van der Waals surface area contributed by atoms with Gasteiger partial charge in [0.05, 0.1) is 17.6 Å². The van der Waals surface area contributed by atoms with E-state index in [4.69, 9.17) is 10.5 Å². The van der Waals surface area contributed by atoms with Crippen LogP contribution in [0.1, 0.15) is 36.5 Å². The summed E-state index contributed by atoms with van der Waals surface area (Å²) in [5.41, 5.74) is 6.07. The highest BCUT2D eigenvalue weighted by atomic mass is 16.5. The number of carbonyl (C=O) groups is 2. The number of hydrogen-bond acceptors (Lipinski definition) is 5. The average molecular weight is 346 g/mol. The minimum Gasteiger partial charge on any atom is -0.377 e. The zero-order valence-corrected chi connectivity index (χ0v) is 14.6. The number of hydrogen-bond donors (Lipinski definition) is 2. The van der Waals surface area contributed by atoms with Crippen LogP contribution in [-0.4, -0.2) is 49.1 Å². The maximum Gasteiger partial charge on any atom is 0.252 e. The fourth-order valence-electron chi connectivity index (χ4n) is 3.81. The first-order valence-electron chi connectivity index (χ1n) is 9.00. The fourth-order valence-corrected chi connectivity index (χ4v) is 3.81. The van der Waals surface area contributed by atoms with E-state index in [1.807, 2.05) is 19.1 Å². The molecule has 0 radical (unpaired) electrons. The number of anilines is 1. The zero-order chi connectivity index (χ0) is 17.8. The summed E-state index contributed by atoms with van der Waals surface area (Å²) in [7, 11) is 0. The molecule has 3 heterocycles. The van der Waals surface area contributed by atoms with Gasteiger partial charge in [-0.05, 0) is 44.2 Å². The fraction of sp³-hybridized carbons (Fsp3) is 0.611. The minimum atomic E-state index is -0.243. The van der Waals surface area contributed by atoms with E-state index in [1.54, 1.807) is 6.20 Å². The van der Waals surface area contributed by atoms with E-state index in [0.29, 0.717) is 24.6 Å². The predicted octanol–water partition coefficient (Wildman–Crippen LogP) is 0.938. The molecule has 2 atom stereocenters. The number of aromatic nitrogens is 1. The van der Waals surface area contributed by atoms with Gasteiger partial charge in [-0.1, -0.05) is 0 Å². The first-order chi connectivity index (χ1) is 12.1. The van der Waals surface area contributed by atoms with Crippen LogP contribution in [0.2, 0.25) is 0 Å². The number of nitrogens with two attached hydrogens (primary N) is 1. The molecular weight excluding hydrogens is 320 g/mol. The van der Waals surface area contributed by atoms with Gasteiger partial charge < -0.3 is 20.7 Å². The number of carbonyl (C=O) groups excluding carboxylic acids is 2. The molecule has 2 aliphatic rings. The predicted molar refractivity (Wildman–Crippen MR) is 94.2 cm³/mol. The lowest BCUT2D eigenvalue weighted by Crippen LogP contribution is -2.42. The maximum absolute atomic E-state index is 11.8. The number of amides is 2. The molecule has 0 unspecified atom stereocenters. The molecule has 0 aromatic carbocycles. The van der Waals surface area contributed by atoms with Crippen LogP contribution in [0.15, 0.2) is 18.3 Å². The molecule has 0 spiro atoms. The topological polar surface area (TPSA) is 97.5 Å². The number of piperidine rings is 1. The number of ether oxygens (including phenoxy) is 1. The van der Waals surface area contributed by atoms with Crippen molar-refractivity contribution in [2.75, 3.05) is 31.1 Å². The summed E-state index contributed by atoms with van der Waals surface area (Å²) in [6.07, 6.45) is 4.23. The maximum atomic E-state index is 11.8. The van der Waals surface area contributed by atoms with Gasteiger partial charge in [-0.25, -0.2) is 4.98 Å². The van der Waals surface area contributed by atoms with Crippen molar-refractivity contribution >= 4 is 17.6 Å². The molecule has 136 valence electrons. The average Bonchev–Trinajstić information content (AvgIpc) is 3.12. The van der Waals surface area contributed by atoms with Crippen molar-refractivity contribution < 1.29 is 14.3 Å². The van der Waals surface area contributed by atoms with E-state index in [2.05, 4.69) is 15.2 Å². The van der Waals surface area contributed by atoms with Crippen molar-refractivity contribution in [3.8, 4) is 0 Å². The van der Waals surface area contributed by atoms with Crippen molar-refractivity contribution in [3.63, 3.8) is 0 Å². The molecule has 2 fully saturated rings. The third kappa shape index (κ3) is 3.92. The van der Waals surface area contributed by atoms with Gasteiger partial charge >= 0.3 is 0 Å². The molecule has 7 heteroatoms. The van der Waals surface area contributed by atoms with Gasteiger partial charge in [-0.3, -0.25) is 9.59 Å². The van der Waals surface area contributed by atoms with Crippen LogP contribution < -0.4 is 16.0 Å². The first kappa shape index (κ1) is 17.7. The Morgan fingerprint density at radius 2 is 2.08 bits per heavy atom. The minimum absolute atomic E-state index is 0.0345. The lowest BCUT2D eigenvalue weighted by Gasteiger charge is -2.36. The standard InChI is InChI=1S/C18H26N4O3/c1-2-20-18(24)13-3-4-15(21-11-13)22-8-5-12(6-9-22)16-14(17(19)23)7-10-25-16/h3-4,11-12,14,16H,2,5-10H2,1H3,(H2,19,23)(H,20,24)/t14-,16+/m0/s1. The molecule has 25 heavy (non-hydrogen) atoms. The quantitative estimate of drug-likeness (QED) is 0.827. The monoisotopic (exact) mass is 346 g/mol. The van der Waals surface area contributed by atoms with Crippen LogP contribution in [0, 0.1) is 11.8 Å². The van der Waals surface area contributed by atoms with Crippen LogP contribution in [0.3, 0.4) is 0 Å². The highest BCUT2D eigenvalue weighted by Gasteiger charge is 2.39. The molecule has 1 aromatic heterocycles. The Bertz CT molecular complexity index is 611. The van der Waals surface area contributed by atoms with Crippen molar-refractivity contribution in [2.24, 2.45) is 17.6 Å². The highest BCUT2D eigenvalue weighted by molar-refractivity contribution is 5.94. The summed E-state index contributed by atoms with van der Waals surface area (Å²) in [6.45, 7) is 4.85. The van der Waals surface area contributed by atoms with Gasteiger partial charge in [0.1, 0.15) is 5.82 Å². The van der Waals surface area contributed by atoms with Crippen LogP contribution in [0.25, 0.3) is 0 Å². The second kappa shape index (κ2) is 7.82. The molecule has 3 rings (SSSR count). The highest BCUT2D eigenvalue weighted by Crippen LogP contribution is 2.33. The van der Waals surface area contributed by atoms with Crippen molar-refractivity contribution in [3.05, 3.63) is 23.9 Å². The Kier molecular flexibility index (Phi) is 5.53. The number of primary amides is 1. The Hall–Kier alpha value is -2.15. The Morgan fingerprint density at radius 1 is 1.32 bits per heavy atom. The van der Waals surface area contributed by atoms with E-state index in [-0.39, 0.29) is 23.8 Å². The SMILES string of the molecule is CCNC(=O)c1ccc(N2CCC([C@H]3OCC[C@@H]3C(N)=O)CC2)nc1. The van der Waals surface area contributed by atoms with E-state index < -0.39 is 0 Å². The summed E-state index contributed by atoms with van der Waals surface area (Å²) >= 11 is 0. The van der Waals surface area contributed by atoms with E-state index in [0.717, 1.165) is 38.2 Å². The summed E-state index contributed by atoms with van der Waals surface area (Å²) in [4.78, 5) is 30.0. The van der Waals surface area contributed by atoms with E-state index in [1.165, 1.54) is 0 Å². The Labute approximate surface area is 147 Å². The third-order valence-electron chi connectivity index (χ3n) is 5.18. The second-order valence-corrected chi connectivity index (χ2v) is 6.72. The largest absolute Gasteiger partial charge is 0.377 e. The smallest absolute Gasteiger partial charge is 0.252 e. The van der Waals surface area contributed by atoms with Gasteiger partial charge in [0.15, 0.2) is 0 Å². The van der Waals surface area contributed by atoms with Gasteiger partial charge in [0.25, 0.3) is 5.91 Å². The van der Waals surface area contributed by atoms with Crippen molar-refractivity contribution in [1.29, 1.82) is 0 Å². The van der Waals surface area contributed by atoms with Crippen molar-refractivity contribution in [2.45, 2.75) is 32.3 Å². The van der Waals surface area contributed by atoms with Crippen LogP contribution in [0.4, 0.5) is 5.82 Å². The Morgan fingerprint density at radius 3 is 2.68 bits per heavy atom. The first-order valence-corrected chi connectivity index (χ1v) is 9.00. The zero-order valence-electron chi connectivity index (χ0n) is 14.6. The lowest BCUT2D eigenvalue weighted by molar-refractivity contribution is -0.124. The molecule has 1 aromatic rings. The van der Waals surface area contributed by atoms with Crippen molar-refractivity contribution in [1.82, 2.24) is 10.3 Å². The van der Waals surface area contributed by atoms with E-state index >= 15 is 0 Å². The lowest BCUT2D eigenvalue weighted by atomic mass is 9.84. The molecule has 2 amide bonds. The number of pyridine rings is 1. The molecule has 2 saturated heterocycles. The van der Waals surface area contributed by atoms with Gasteiger partial charge in [0.2, 0.25) is 5.91 Å². The molecule has 3 N–H and O–H groups in total. The molecular formula is C18H26N4O3. The van der Waals surface area contributed by atoms with Crippen LogP contribution in [-0.2, 0) is 9.53 Å². The van der Waals surface area contributed by atoms with Gasteiger partial charge in [-0.15, -0.1) is 0 Å². The summed E-state index contributed by atoms with van der Waals surface area (Å²) < 4.78 is 5.79. The van der Waals surface area contributed by atoms with Crippen LogP contribution in [0.5, 0.6) is 0 Å². The molecule has 0 saturated carbocycles. The molecule has 0 aliphatic carbocycles. The summed E-state index contributed by atoms with van der Waals surface area (Å²) in [5.74, 6) is 0.755. The molecule has 7 nitrogen and oxygen atoms in total. The Balaban J connectivity index is 1.57. The number of nitrogens with one attached hydrogen (secondary N) is 1. The summed E-state index contributed by atoms with van der Waals surface area (Å²) in [6, 6.07) is 3.70. The molecule has 2 aliphatic heterocycles. The normalized spacial score (nSPS) is 24.3. The third-order valence-corrected chi connectivity index (χ3v) is 5.18.